The molecule has 0 aromatic rings. The first kappa shape index (κ1) is 75.6. The molecular formula is C71H110O12. The fourth-order valence-corrected chi connectivity index (χ4v) is 8.57. The maximum absolute atomic E-state index is 13.2. The zero-order valence-corrected chi connectivity index (χ0v) is 51.4. The molecule has 12 heteroatoms. The molecule has 6 unspecified atom stereocenters. The number of hydrogen-bond acceptors (Lipinski definition) is 11. The van der Waals surface area contributed by atoms with Crippen LogP contribution in [0.25, 0.3) is 0 Å². The van der Waals surface area contributed by atoms with Crippen LogP contribution in [0.1, 0.15) is 226 Å². The zero-order chi connectivity index (χ0) is 60.3. The third-order valence-electron chi connectivity index (χ3n) is 13.4. The summed E-state index contributed by atoms with van der Waals surface area (Å²) in [6.07, 6.45) is 69.5. The van der Waals surface area contributed by atoms with Gasteiger partial charge in [0.2, 0.25) is 0 Å². The molecule has 0 spiro atoms. The third kappa shape index (κ3) is 46.6. The highest BCUT2D eigenvalue weighted by molar-refractivity contribution is 5.74. The number of carboxylic acid groups (broad SMARTS) is 1. The van der Waals surface area contributed by atoms with E-state index < -0.39 is 67.3 Å². The van der Waals surface area contributed by atoms with Crippen molar-refractivity contribution in [3.05, 3.63) is 146 Å². The molecule has 1 saturated heterocycles. The molecule has 0 radical (unpaired) electrons. The number of carboxylic acids is 1. The SMILES string of the molecule is CC/C=C\C/C=C\C/C=C\C/C=C\C/C=C\CCCCCC(=O)OCC(COC1OC(C(=O)O)C(O)C(O)C1OC(=O)CCCC/C=C\C/C=C\C/C=C\C/C=C\CC)OC(=O)CCCCCCCC/C=C\C/C=C\C/C=C\CCCCC. The number of esters is 3. The number of ether oxygens (including phenoxy) is 5. The third-order valence-corrected chi connectivity index (χ3v) is 13.4. The largest absolute Gasteiger partial charge is 0.479 e. The summed E-state index contributed by atoms with van der Waals surface area (Å²) >= 11 is 0. The van der Waals surface area contributed by atoms with E-state index in [0.29, 0.717) is 25.7 Å². The van der Waals surface area contributed by atoms with Crippen LogP contribution in [0.5, 0.6) is 0 Å². The second kappa shape index (κ2) is 57.1. The van der Waals surface area contributed by atoms with Gasteiger partial charge in [-0.25, -0.2) is 4.79 Å². The van der Waals surface area contributed by atoms with E-state index in [1.54, 1.807) is 0 Å². The summed E-state index contributed by atoms with van der Waals surface area (Å²) in [5, 5.41) is 31.6. The molecule has 1 fully saturated rings. The van der Waals surface area contributed by atoms with Crippen LogP contribution < -0.4 is 0 Å². The van der Waals surface area contributed by atoms with Crippen LogP contribution >= 0.6 is 0 Å². The zero-order valence-electron chi connectivity index (χ0n) is 51.4. The highest BCUT2D eigenvalue weighted by Crippen LogP contribution is 2.26. The van der Waals surface area contributed by atoms with Gasteiger partial charge in [-0.2, -0.15) is 0 Å². The molecule has 1 aliphatic rings. The Bertz CT molecular complexity index is 2000. The normalized spacial score (nSPS) is 18.6. The molecule has 0 amide bonds. The van der Waals surface area contributed by atoms with Crippen LogP contribution in [-0.2, 0) is 42.9 Å². The Morgan fingerprint density at radius 3 is 1.19 bits per heavy atom. The average molecular weight is 1160 g/mol. The van der Waals surface area contributed by atoms with Crippen molar-refractivity contribution in [3.8, 4) is 0 Å². The van der Waals surface area contributed by atoms with Crippen LogP contribution in [-0.4, -0.2) is 89.2 Å². The van der Waals surface area contributed by atoms with Crippen molar-refractivity contribution in [2.24, 2.45) is 0 Å². The van der Waals surface area contributed by atoms with Crippen molar-refractivity contribution in [2.75, 3.05) is 13.2 Å². The summed E-state index contributed by atoms with van der Waals surface area (Å²) in [6, 6.07) is 0. The molecule has 0 bridgehead atoms. The Morgan fingerprint density at radius 2 is 0.759 bits per heavy atom. The lowest BCUT2D eigenvalue weighted by molar-refractivity contribution is -0.301. The van der Waals surface area contributed by atoms with Gasteiger partial charge in [-0.05, 0) is 141 Å². The fourth-order valence-electron chi connectivity index (χ4n) is 8.57. The smallest absolute Gasteiger partial charge is 0.335 e. The number of aliphatic carboxylic acids is 1. The summed E-state index contributed by atoms with van der Waals surface area (Å²) in [4.78, 5) is 51.3. The second-order valence-electron chi connectivity index (χ2n) is 20.9. The second-order valence-corrected chi connectivity index (χ2v) is 20.9. The molecule has 0 aliphatic carbocycles. The van der Waals surface area contributed by atoms with Gasteiger partial charge in [0.05, 0.1) is 6.61 Å². The van der Waals surface area contributed by atoms with Crippen LogP contribution in [0.2, 0.25) is 0 Å². The van der Waals surface area contributed by atoms with Gasteiger partial charge in [0, 0.05) is 19.3 Å². The van der Waals surface area contributed by atoms with Crippen LogP contribution in [0.4, 0.5) is 0 Å². The Morgan fingerprint density at radius 1 is 0.410 bits per heavy atom. The summed E-state index contributed by atoms with van der Waals surface area (Å²) in [5.41, 5.74) is 0. The molecule has 0 saturated carbocycles. The minimum atomic E-state index is -1.93. The predicted molar refractivity (Wildman–Crippen MR) is 339 cm³/mol. The van der Waals surface area contributed by atoms with Crippen molar-refractivity contribution in [3.63, 3.8) is 0 Å². The van der Waals surface area contributed by atoms with Gasteiger partial charge in [-0.1, -0.05) is 212 Å². The number of rotatable bonds is 52. The summed E-state index contributed by atoms with van der Waals surface area (Å²) < 4.78 is 28.4. The van der Waals surface area contributed by atoms with E-state index >= 15 is 0 Å². The number of carbonyl (C=O) groups is 4. The minimum Gasteiger partial charge on any atom is -0.479 e. The maximum atomic E-state index is 13.2. The van der Waals surface area contributed by atoms with Crippen molar-refractivity contribution < 1.29 is 58.2 Å². The van der Waals surface area contributed by atoms with Crippen LogP contribution in [0, 0.1) is 0 Å². The number of hydrogen-bond donors (Lipinski definition) is 3. The quantitative estimate of drug-likeness (QED) is 0.0228. The summed E-state index contributed by atoms with van der Waals surface area (Å²) in [6.45, 7) is 5.68. The Balaban J connectivity index is 2.74. The lowest BCUT2D eigenvalue weighted by Gasteiger charge is -2.40. The van der Waals surface area contributed by atoms with Crippen molar-refractivity contribution in [1.29, 1.82) is 0 Å². The van der Waals surface area contributed by atoms with Crippen molar-refractivity contribution in [2.45, 2.75) is 263 Å². The topological polar surface area (TPSA) is 175 Å². The van der Waals surface area contributed by atoms with Gasteiger partial charge in [-0.15, -0.1) is 0 Å². The van der Waals surface area contributed by atoms with Gasteiger partial charge in [-0.3, -0.25) is 14.4 Å². The van der Waals surface area contributed by atoms with Gasteiger partial charge in [0.15, 0.2) is 24.6 Å². The van der Waals surface area contributed by atoms with Gasteiger partial charge >= 0.3 is 23.9 Å². The lowest BCUT2D eigenvalue weighted by atomic mass is 9.98. The molecule has 6 atom stereocenters. The summed E-state index contributed by atoms with van der Waals surface area (Å²) in [7, 11) is 0. The first-order valence-electron chi connectivity index (χ1n) is 31.8. The Hall–Kier alpha value is -5.40. The molecule has 12 nitrogen and oxygen atoms in total. The first-order valence-corrected chi connectivity index (χ1v) is 31.8. The van der Waals surface area contributed by atoms with E-state index in [0.717, 1.165) is 141 Å². The molecule has 1 heterocycles. The number of allylic oxidation sites excluding steroid dienone is 24. The van der Waals surface area contributed by atoms with Crippen molar-refractivity contribution >= 4 is 23.9 Å². The predicted octanol–water partition coefficient (Wildman–Crippen LogP) is 17.1. The molecule has 0 aromatic carbocycles. The van der Waals surface area contributed by atoms with E-state index in [1.165, 1.54) is 19.3 Å². The first-order chi connectivity index (χ1) is 40.6. The fraction of sp³-hybridized carbons (Fsp3) is 0.606. The van der Waals surface area contributed by atoms with Gasteiger partial charge < -0.3 is 39.0 Å². The molecule has 0 aromatic heterocycles. The van der Waals surface area contributed by atoms with Gasteiger partial charge in [0.1, 0.15) is 18.8 Å². The van der Waals surface area contributed by atoms with E-state index in [9.17, 15) is 34.5 Å². The molecule has 466 valence electrons. The standard InChI is InChI=1S/C71H110O12/c1-4-7-10-13-16-19-22-25-28-30-32-34-37-39-42-45-48-51-54-57-63(72)79-60-62(81-64(73)58-55-52-49-46-43-41-38-35-33-31-29-26-23-20-17-14-11-8-5-2)61-80-71-69(67(76)66(75)68(83-71)70(77)78)82-65(74)59-56-53-50-47-44-40-36-27-24-21-18-15-12-9-6-3/h7,9-10,12,16-21,25-29,32-36,39,42,44,47,62,66-69,71,75-76H,4-6,8,11,13-15,22-24,30-31,37-38,40-41,43,45-46,48-61H2,1-3H3,(H,77,78)/b10-7-,12-9-,19-16-,20-17-,21-18-,28-25-,29-26-,34-32-,35-33-,36-27-,42-39-,47-44-. The number of aliphatic hydroxyl groups excluding tert-OH is 2. The van der Waals surface area contributed by atoms with Gasteiger partial charge in [0.25, 0.3) is 0 Å². The van der Waals surface area contributed by atoms with Crippen LogP contribution in [0.15, 0.2) is 146 Å². The molecule has 1 rings (SSSR count). The molecule has 1 aliphatic heterocycles. The average Bonchev–Trinajstić information content (AvgIpc) is 3.58. The molecule has 83 heavy (non-hydrogen) atoms. The Kier molecular flexibility index (Phi) is 52.0. The highest BCUT2D eigenvalue weighted by Gasteiger charge is 2.50. The van der Waals surface area contributed by atoms with Crippen LogP contribution in [0.3, 0.4) is 0 Å². The lowest BCUT2D eigenvalue weighted by Crippen LogP contribution is -2.61. The van der Waals surface area contributed by atoms with E-state index in [2.05, 4.69) is 167 Å². The Labute approximate surface area is 502 Å². The number of aliphatic hydroxyl groups is 2. The number of unbranched alkanes of at least 4 members (excludes halogenated alkanes) is 14. The van der Waals surface area contributed by atoms with Crippen molar-refractivity contribution in [1.82, 2.24) is 0 Å². The minimum absolute atomic E-state index is 0.00520. The van der Waals surface area contributed by atoms with E-state index in [1.807, 2.05) is 0 Å². The number of carbonyl (C=O) groups excluding carboxylic acids is 3. The molecular weight excluding hydrogens is 1040 g/mol. The van der Waals surface area contributed by atoms with E-state index in [-0.39, 0.29) is 25.9 Å². The maximum Gasteiger partial charge on any atom is 0.335 e. The summed E-state index contributed by atoms with van der Waals surface area (Å²) in [5.74, 6) is -3.26. The van der Waals surface area contributed by atoms with E-state index in [4.69, 9.17) is 23.7 Å². The monoisotopic (exact) mass is 1150 g/mol. The molecule has 3 N–H and O–H groups in total. The highest BCUT2D eigenvalue weighted by atomic mass is 16.7.